The van der Waals surface area contributed by atoms with Crippen molar-refractivity contribution in [2.75, 3.05) is 0 Å². The van der Waals surface area contributed by atoms with E-state index in [1.807, 2.05) is 25.1 Å². The topological polar surface area (TPSA) is 38.0 Å². The molecule has 0 saturated carbocycles. The van der Waals surface area contributed by atoms with Crippen LogP contribution in [0.4, 0.5) is 4.39 Å². The van der Waals surface area contributed by atoms with Crippen molar-refractivity contribution in [2.45, 2.75) is 19.4 Å². The Bertz CT molecular complexity index is 617. The third-order valence-corrected chi connectivity index (χ3v) is 3.88. The van der Waals surface area contributed by atoms with Crippen molar-refractivity contribution in [1.29, 1.82) is 0 Å². The van der Waals surface area contributed by atoms with Gasteiger partial charge in [-0.15, -0.1) is 0 Å². The van der Waals surface area contributed by atoms with E-state index in [1.165, 1.54) is 6.07 Å². The van der Waals surface area contributed by atoms with Crippen LogP contribution in [0.1, 0.15) is 22.7 Å². The third-order valence-electron chi connectivity index (χ3n) is 3.22. The maximum atomic E-state index is 13.8. The summed E-state index contributed by atoms with van der Waals surface area (Å²) in [6.45, 7) is 1.92. The number of hydrogen-bond donors (Lipinski definition) is 2. The average molecular weight is 313 g/mol. The molecule has 1 atom stereocenters. The van der Waals surface area contributed by atoms with Gasteiger partial charge in [-0.2, -0.15) is 0 Å². The van der Waals surface area contributed by atoms with E-state index in [9.17, 15) is 4.39 Å². The summed E-state index contributed by atoms with van der Waals surface area (Å²) in [5.74, 6) is 5.26. The van der Waals surface area contributed by atoms with Crippen LogP contribution in [0.5, 0.6) is 0 Å². The lowest BCUT2D eigenvalue weighted by Gasteiger charge is -2.18. The molecule has 0 aliphatic carbocycles. The minimum atomic E-state index is -0.330. The lowest BCUT2D eigenvalue weighted by Crippen LogP contribution is -2.29. The molecule has 0 aliphatic heterocycles. The number of nitrogens with two attached hydrogens (primary N) is 1. The number of nitrogens with one attached hydrogen (secondary N) is 1. The monoisotopic (exact) mass is 312 g/mol. The first-order valence-corrected chi connectivity index (χ1v) is 6.93. The number of hydrazine groups is 1. The predicted molar refractivity (Wildman–Crippen MR) is 81.4 cm³/mol. The molecule has 0 saturated heterocycles. The molecule has 1 unspecified atom stereocenters. The Morgan fingerprint density at radius 3 is 2.55 bits per heavy atom. The fraction of sp³-hybridized carbons (Fsp3) is 0.200. The van der Waals surface area contributed by atoms with Crippen molar-refractivity contribution in [1.82, 2.24) is 5.43 Å². The van der Waals surface area contributed by atoms with Crippen molar-refractivity contribution in [3.05, 3.63) is 69.0 Å². The standard InChI is InChI=1S/C15H15Cl2FN2/c1-9-6-11(3-5-13(9)17)15(20-19)7-10-2-4-12(16)8-14(10)18/h2-6,8,15,20H,7,19H2,1H3. The summed E-state index contributed by atoms with van der Waals surface area (Å²) in [6, 6.07) is 10.1. The Labute approximate surface area is 127 Å². The predicted octanol–water partition coefficient (Wildman–Crippen LogP) is 4.19. The summed E-state index contributed by atoms with van der Waals surface area (Å²) in [5, 5.41) is 1.08. The lowest BCUT2D eigenvalue weighted by molar-refractivity contribution is 0.529. The van der Waals surface area contributed by atoms with Gasteiger partial charge < -0.3 is 0 Å². The Morgan fingerprint density at radius 1 is 1.20 bits per heavy atom. The number of rotatable bonds is 4. The second kappa shape index (κ2) is 6.55. The molecule has 2 nitrogen and oxygen atoms in total. The van der Waals surface area contributed by atoms with Crippen molar-refractivity contribution < 1.29 is 4.39 Å². The van der Waals surface area contributed by atoms with Crippen molar-refractivity contribution in [3.8, 4) is 0 Å². The molecule has 3 N–H and O–H groups in total. The maximum absolute atomic E-state index is 13.8. The largest absolute Gasteiger partial charge is 0.271 e. The van der Waals surface area contributed by atoms with Gasteiger partial charge in [0.15, 0.2) is 0 Å². The van der Waals surface area contributed by atoms with Crippen LogP contribution in [0.25, 0.3) is 0 Å². The summed E-state index contributed by atoms with van der Waals surface area (Å²) in [7, 11) is 0. The van der Waals surface area contributed by atoms with Crippen molar-refractivity contribution in [3.63, 3.8) is 0 Å². The maximum Gasteiger partial charge on any atom is 0.127 e. The normalized spacial score (nSPS) is 12.4. The van der Waals surface area contributed by atoms with Crippen molar-refractivity contribution >= 4 is 23.2 Å². The highest BCUT2D eigenvalue weighted by Crippen LogP contribution is 2.25. The molecule has 0 amide bonds. The van der Waals surface area contributed by atoms with Gasteiger partial charge in [0, 0.05) is 10.0 Å². The van der Waals surface area contributed by atoms with Crippen LogP contribution in [0.15, 0.2) is 36.4 Å². The molecular formula is C15H15Cl2FN2. The zero-order valence-electron chi connectivity index (χ0n) is 11.0. The molecule has 20 heavy (non-hydrogen) atoms. The highest BCUT2D eigenvalue weighted by atomic mass is 35.5. The summed E-state index contributed by atoms with van der Waals surface area (Å²) < 4.78 is 13.8. The molecule has 0 aliphatic rings. The molecule has 0 radical (unpaired) electrons. The van der Waals surface area contributed by atoms with E-state index < -0.39 is 0 Å². The molecule has 2 aromatic carbocycles. The first-order chi connectivity index (χ1) is 9.51. The van der Waals surface area contributed by atoms with E-state index in [2.05, 4.69) is 5.43 Å². The zero-order chi connectivity index (χ0) is 14.7. The van der Waals surface area contributed by atoms with Crippen LogP contribution in [-0.4, -0.2) is 0 Å². The van der Waals surface area contributed by atoms with Crippen LogP contribution in [-0.2, 0) is 6.42 Å². The SMILES string of the molecule is Cc1cc(C(Cc2ccc(Cl)cc2F)NN)ccc1Cl. The van der Waals surface area contributed by atoms with Gasteiger partial charge in [-0.05, 0) is 48.2 Å². The highest BCUT2D eigenvalue weighted by molar-refractivity contribution is 6.31. The zero-order valence-corrected chi connectivity index (χ0v) is 12.5. The molecule has 0 fully saturated rings. The van der Waals surface area contributed by atoms with E-state index >= 15 is 0 Å². The minimum absolute atomic E-state index is 0.193. The Hall–Kier alpha value is -1.13. The lowest BCUT2D eigenvalue weighted by atomic mass is 9.98. The van der Waals surface area contributed by atoms with Crippen LogP contribution < -0.4 is 11.3 Å². The summed E-state index contributed by atoms with van der Waals surface area (Å²) in [6.07, 6.45) is 0.431. The van der Waals surface area contributed by atoms with E-state index in [0.717, 1.165) is 11.1 Å². The Kier molecular flexibility index (Phi) is 5.00. The number of aryl methyl sites for hydroxylation is 1. The highest BCUT2D eigenvalue weighted by Gasteiger charge is 2.14. The van der Waals surface area contributed by atoms with Gasteiger partial charge >= 0.3 is 0 Å². The van der Waals surface area contributed by atoms with Crippen LogP contribution in [0.3, 0.4) is 0 Å². The number of benzene rings is 2. The molecule has 0 aromatic heterocycles. The van der Waals surface area contributed by atoms with Gasteiger partial charge in [0.1, 0.15) is 5.82 Å². The van der Waals surface area contributed by atoms with E-state index in [4.69, 9.17) is 29.0 Å². The Balaban J connectivity index is 2.26. The second-order valence-corrected chi connectivity index (χ2v) is 5.51. The van der Waals surface area contributed by atoms with Crippen LogP contribution in [0.2, 0.25) is 10.0 Å². The fourth-order valence-corrected chi connectivity index (χ4v) is 2.34. The summed E-state index contributed by atoms with van der Waals surface area (Å²) >= 11 is 11.8. The summed E-state index contributed by atoms with van der Waals surface area (Å²) in [5.41, 5.74) is 5.19. The van der Waals surface area contributed by atoms with Gasteiger partial charge in [-0.1, -0.05) is 41.4 Å². The number of halogens is 3. The summed E-state index contributed by atoms with van der Waals surface area (Å²) in [4.78, 5) is 0. The molecule has 0 heterocycles. The van der Waals surface area contributed by atoms with Gasteiger partial charge in [0.2, 0.25) is 0 Å². The minimum Gasteiger partial charge on any atom is -0.271 e. The van der Waals surface area contributed by atoms with Crippen molar-refractivity contribution in [2.24, 2.45) is 5.84 Å². The molecule has 0 spiro atoms. The first kappa shape index (κ1) is 15.3. The molecule has 0 bridgehead atoms. The molecule has 106 valence electrons. The third kappa shape index (κ3) is 3.49. The van der Waals surface area contributed by atoms with Crippen LogP contribution in [0, 0.1) is 12.7 Å². The second-order valence-electron chi connectivity index (χ2n) is 4.67. The number of hydrogen-bond acceptors (Lipinski definition) is 2. The average Bonchev–Trinajstić information content (AvgIpc) is 2.41. The van der Waals surface area contributed by atoms with Gasteiger partial charge in [0.25, 0.3) is 0 Å². The van der Waals surface area contributed by atoms with E-state index in [-0.39, 0.29) is 11.9 Å². The molecule has 5 heteroatoms. The first-order valence-electron chi connectivity index (χ1n) is 6.17. The smallest absolute Gasteiger partial charge is 0.127 e. The van der Waals surface area contributed by atoms with Gasteiger partial charge in [0.05, 0.1) is 6.04 Å². The fourth-order valence-electron chi connectivity index (χ4n) is 2.06. The van der Waals surface area contributed by atoms with Gasteiger partial charge in [-0.3, -0.25) is 11.3 Å². The Morgan fingerprint density at radius 2 is 1.95 bits per heavy atom. The van der Waals surface area contributed by atoms with E-state index in [0.29, 0.717) is 22.0 Å². The molecule has 2 rings (SSSR count). The van der Waals surface area contributed by atoms with Crippen LogP contribution >= 0.6 is 23.2 Å². The van der Waals surface area contributed by atoms with E-state index in [1.54, 1.807) is 12.1 Å². The molecular weight excluding hydrogens is 298 g/mol. The quantitative estimate of drug-likeness (QED) is 0.656. The van der Waals surface area contributed by atoms with Gasteiger partial charge in [-0.25, -0.2) is 4.39 Å². The molecule has 2 aromatic rings.